The Kier molecular flexibility index (Phi) is 6.10. The Morgan fingerprint density at radius 3 is 2.52 bits per heavy atom. The number of aromatic nitrogens is 2. The van der Waals surface area contributed by atoms with E-state index in [-0.39, 0.29) is 11.5 Å². The van der Waals surface area contributed by atoms with Gasteiger partial charge in [-0.1, -0.05) is 6.92 Å². The van der Waals surface area contributed by atoms with Gasteiger partial charge in [0.2, 0.25) is 5.95 Å². The zero-order chi connectivity index (χ0) is 22.9. The number of hydrogen-bond acceptors (Lipinski definition) is 6. The number of thiophene rings is 1. The predicted octanol–water partition coefficient (Wildman–Crippen LogP) is 3.72. The summed E-state index contributed by atoms with van der Waals surface area (Å²) in [4.78, 5) is 37.8. The minimum absolute atomic E-state index is 0.0256. The van der Waals surface area contributed by atoms with E-state index in [1.54, 1.807) is 30.6 Å². The fourth-order valence-electron chi connectivity index (χ4n) is 4.92. The number of rotatable bonds is 5. The second-order valence-electron chi connectivity index (χ2n) is 8.77. The molecular formula is C25H30N4O3S. The number of benzene rings is 1. The van der Waals surface area contributed by atoms with Crippen molar-refractivity contribution in [1.29, 1.82) is 0 Å². The van der Waals surface area contributed by atoms with E-state index in [4.69, 9.17) is 9.72 Å². The molecule has 3 heterocycles. The van der Waals surface area contributed by atoms with Crippen molar-refractivity contribution in [2.75, 3.05) is 38.2 Å². The van der Waals surface area contributed by atoms with Crippen LogP contribution in [-0.2, 0) is 19.4 Å². The normalized spacial score (nSPS) is 16.2. The molecule has 1 aliphatic heterocycles. The number of anilines is 1. The van der Waals surface area contributed by atoms with Crippen LogP contribution in [0, 0.1) is 0 Å². The van der Waals surface area contributed by atoms with Crippen LogP contribution in [0.15, 0.2) is 29.1 Å². The Labute approximate surface area is 197 Å². The van der Waals surface area contributed by atoms with Gasteiger partial charge in [-0.25, -0.2) is 4.98 Å². The number of hydrogen-bond donors (Lipinski definition) is 0. The average molecular weight is 467 g/mol. The fraction of sp³-hybridized carbons (Fsp3) is 0.480. The molecule has 0 radical (unpaired) electrons. The Bertz CT molecular complexity index is 1220. The minimum atomic E-state index is 0.0256. The lowest BCUT2D eigenvalue weighted by atomic mass is 9.97. The van der Waals surface area contributed by atoms with Gasteiger partial charge in [0.1, 0.15) is 10.6 Å². The number of amides is 1. The summed E-state index contributed by atoms with van der Waals surface area (Å²) in [5.41, 5.74) is 2.01. The summed E-state index contributed by atoms with van der Waals surface area (Å²) in [5.74, 6) is 1.52. The Morgan fingerprint density at radius 1 is 1.09 bits per heavy atom. The molecule has 0 bridgehead atoms. The highest BCUT2D eigenvalue weighted by Gasteiger charge is 2.27. The molecule has 0 unspecified atom stereocenters. The second-order valence-corrected chi connectivity index (χ2v) is 9.85. The molecule has 1 fully saturated rings. The highest BCUT2D eigenvalue weighted by Crippen LogP contribution is 2.34. The van der Waals surface area contributed by atoms with Gasteiger partial charge in [0.05, 0.1) is 12.5 Å². The first-order chi connectivity index (χ1) is 16.1. The zero-order valence-corrected chi connectivity index (χ0v) is 20.1. The van der Waals surface area contributed by atoms with E-state index in [2.05, 4.69) is 11.8 Å². The van der Waals surface area contributed by atoms with Crippen molar-refractivity contribution in [2.24, 2.45) is 0 Å². The van der Waals surface area contributed by atoms with Gasteiger partial charge in [-0.15, -0.1) is 11.3 Å². The van der Waals surface area contributed by atoms with Crippen LogP contribution in [0.5, 0.6) is 5.75 Å². The van der Waals surface area contributed by atoms with Gasteiger partial charge in [0, 0.05) is 43.2 Å². The van der Waals surface area contributed by atoms with Crippen molar-refractivity contribution in [2.45, 2.75) is 45.6 Å². The standard InChI is InChI=1S/C25H30N4O3S/c1-3-12-29-24(31)21-19-6-4-5-7-20(19)33-22(21)26-25(29)28-15-13-27(14-16-28)23(30)17-8-10-18(32-2)11-9-17/h8-11H,3-7,12-16H2,1-2H3. The number of piperazine rings is 1. The predicted molar refractivity (Wildman–Crippen MR) is 132 cm³/mol. The monoisotopic (exact) mass is 466 g/mol. The Balaban J connectivity index is 1.40. The first kappa shape index (κ1) is 21.9. The molecule has 1 aliphatic carbocycles. The number of carbonyl (C=O) groups is 1. The molecule has 3 aromatic rings. The van der Waals surface area contributed by atoms with Crippen LogP contribution in [0.25, 0.3) is 10.2 Å². The summed E-state index contributed by atoms with van der Waals surface area (Å²) in [6.07, 6.45) is 5.27. The SMILES string of the molecule is CCCn1c(N2CCN(C(=O)c3ccc(OC)cc3)CC2)nc2sc3c(c2c1=O)CCCC3. The summed E-state index contributed by atoms with van der Waals surface area (Å²) in [7, 11) is 1.62. The minimum Gasteiger partial charge on any atom is -0.497 e. The summed E-state index contributed by atoms with van der Waals surface area (Å²) in [5, 5.41) is 0.847. The van der Waals surface area contributed by atoms with E-state index in [0.717, 1.165) is 47.6 Å². The van der Waals surface area contributed by atoms with Crippen LogP contribution in [-0.4, -0.2) is 53.6 Å². The third-order valence-electron chi connectivity index (χ3n) is 6.69. The van der Waals surface area contributed by atoms with E-state index >= 15 is 0 Å². The van der Waals surface area contributed by atoms with E-state index in [0.29, 0.717) is 38.3 Å². The number of ether oxygens (including phenoxy) is 1. The second kappa shape index (κ2) is 9.17. The molecule has 1 aromatic carbocycles. The van der Waals surface area contributed by atoms with Crippen LogP contribution in [0.4, 0.5) is 5.95 Å². The molecule has 7 nitrogen and oxygen atoms in total. The van der Waals surface area contributed by atoms with Gasteiger partial charge in [-0.3, -0.25) is 14.2 Å². The van der Waals surface area contributed by atoms with Crippen molar-refractivity contribution in [3.8, 4) is 5.75 Å². The number of carbonyl (C=O) groups excluding carboxylic acids is 1. The molecule has 0 atom stereocenters. The highest BCUT2D eigenvalue weighted by molar-refractivity contribution is 7.18. The maximum absolute atomic E-state index is 13.6. The zero-order valence-electron chi connectivity index (χ0n) is 19.3. The van der Waals surface area contributed by atoms with Crippen LogP contribution in [0.2, 0.25) is 0 Å². The van der Waals surface area contributed by atoms with Crippen LogP contribution >= 0.6 is 11.3 Å². The lowest BCUT2D eigenvalue weighted by molar-refractivity contribution is 0.0746. The summed E-state index contributed by atoms with van der Waals surface area (Å²) in [6.45, 7) is 5.28. The van der Waals surface area contributed by atoms with Crippen molar-refractivity contribution in [1.82, 2.24) is 14.5 Å². The summed E-state index contributed by atoms with van der Waals surface area (Å²) in [6, 6.07) is 7.24. The molecule has 33 heavy (non-hydrogen) atoms. The Hall–Kier alpha value is -2.87. The first-order valence-corrected chi connectivity index (χ1v) is 12.7. The van der Waals surface area contributed by atoms with Crippen molar-refractivity contribution >= 4 is 33.4 Å². The maximum Gasteiger partial charge on any atom is 0.263 e. The van der Waals surface area contributed by atoms with Crippen LogP contribution in [0.1, 0.15) is 47.0 Å². The van der Waals surface area contributed by atoms with Crippen LogP contribution < -0.4 is 15.2 Å². The molecule has 0 spiro atoms. The number of nitrogens with zero attached hydrogens (tertiary/aromatic N) is 4. The lowest BCUT2D eigenvalue weighted by Crippen LogP contribution is -2.50. The quantitative estimate of drug-likeness (QED) is 0.573. The summed E-state index contributed by atoms with van der Waals surface area (Å²) >= 11 is 1.70. The molecule has 2 aliphatic rings. The van der Waals surface area contributed by atoms with Crippen molar-refractivity contribution in [3.05, 3.63) is 50.6 Å². The average Bonchev–Trinajstić information content (AvgIpc) is 3.24. The largest absolute Gasteiger partial charge is 0.497 e. The fourth-order valence-corrected chi connectivity index (χ4v) is 6.17. The molecule has 8 heteroatoms. The smallest absolute Gasteiger partial charge is 0.263 e. The van der Waals surface area contributed by atoms with E-state index in [9.17, 15) is 9.59 Å². The molecule has 0 N–H and O–H groups in total. The van der Waals surface area contributed by atoms with E-state index in [1.165, 1.54) is 16.9 Å². The van der Waals surface area contributed by atoms with Gasteiger partial charge in [-0.05, 0) is 61.9 Å². The molecule has 0 saturated carbocycles. The topological polar surface area (TPSA) is 67.7 Å². The third kappa shape index (κ3) is 4.01. The van der Waals surface area contributed by atoms with Gasteiger partial charge < -0.3 is 14.5 Å². The molecule has 5 rings (SSSR count). The first-order valence-electron chi connectivity index (χ1n) is 11.8. The molecule has 174 valence electrons. The third-order valence-corrected chi connectivity index (χ3v) is 7.87. The number of fused-ring (bicyclic) bond motifs is 3. The molecule has 2 aromatic heterocycles. The van der Waals surface area contributed by atoms with Gasteiger partial charge in [0.25, 0.3) is 11.5 Å². The Morgan fingerprint density at radius 2 is 1.82 bits per heavy atom. The maximum atomic E-state index is 13.6. The lowest BCUT2D eigenvalue weighted by Gasteiger charge is -2.36. The molecular weight excluding hydrogens is 436 g/mol. The van der Waals surface area contributed by atoms with E-state index < -0.39 is 0 Å². The molecule has 1 amide bonds. The van der Waals surface area contributed by atoms with Crippen molar-refractivity contribution in [3.63, 3.8) is 0 Å². The van der Waals surface area contributed by atoms with Crippen molar-refractivity contribution < 1.29 is 9.53 Å². The summed E-state index contributed by atoms with van der Waals surface area (Å²) < 4.78 is 7.06. The van der Waals surface area contributed by atoms with Gasteiger partial charge in [-0.2, -0.15) is 0 Å². The highest BCUT2D eigenvalue weighted by atomic mass is 32.1. The molecule has 1 saturated heterocycles. The van der Waals surface area contributed by atoms with Gasteiger partial charge in [0.15, 0.2) is 0 Å². The number of methoxy groups -OCH3 is 1. The van der Waals surface area contributed by atoms with E-state index in [1.807, 2.05) is 21.6 Å². The van der Waals surface area contributed by atoms with Gasteiger partial charge >= 0.3 is 0 Å². The number of aryl methyl sites for hydroxylation is 2. The van der Waals surface area contributed by atoms with Crippen LogP contribution in [0.3, 0.4) is 0 Å².